The average molecular weight is 223 g/mol. The number of aliphatic imine (C=N–C) groups is 1. The van der Waals surface area contributed by atoms with Crippen LogP contribution >= 0.6 is 0 Å². The molecule has 0 unspecified atom stereocenters. The summed E-state index contributed by atoms with van der Waals surface area (Å²) in [5.41, 5.74) is 3.29. The molecule has 0 aromatic carbocycles. The number of guanidine groups is 1. The second kappa shape index (κ2) is 6.15. The van der Waals surface area contributed by atoms with Gasteiger partial charge in [0.05, 0.1) is 12.2 Å². The number of H-pyrrole nitrogens is 1. The number of hydrogen-bond donors (Lipinski definition) is 3. The number of hydrogen-bond acceptors (Lipinski definition) is 2. The molecule has 1 aromatic heterocycles. The lowest BCUT2D eigenvalue weighted by Crippen LogP contribution is -2.37. The maximum absolute atomic E-state index is 4.50. The van der Waals surface area contributed by atoms with Crippen molar-refractivity contribution in [2.24, 2.45) is 4.99 Å². The maximum Gasteiger partial charge on any atom is 0.191 e. The lowest BCUT2D eigenvalue weighted by atomic mass is 10.2. The fraction of sp³-hybridized carbons (Fsp3) is 0.636. The van der Waals surface area contributed by atoms with Crippen molar-refractivity contribution in [3.8, 4) is 0 Å². The first-order valence-electron chi connectivity index (χ1n) is 5.71. The minimum atomic E-state index is 0.656. The van der Waals surface area contributed by atoms with Gasteiger partial charge in [0.1, 0.15) is 0 Å². The van der Waals surface area contributed by atoms with Crippen LogP contribution in [0, 0.1) is 13.8 Å². The Balaban J connectivity index is 2.68. The third-order valence-corrected chi connectivity index (χ3v) is 2.36. The van der Waals surface area contributed by atoms with Crippen molar-refractivity contribution < 1.29 is 0 Å². The summed E-state index contributed by atoms with van der Waals surface area (Å²) in [6.07, 6.45) is 0. The Morgan fingerprint density at radius 2 is 1.88 bits per heavy atom. The molecule has 0 amide bonds. The summed E-state index contributed by atoms with van der Waals surface area (Å²) in [4.78, 5) is 4.50. The molecule has 0 saturated carbocycles. The van der Waals surface area contributed by atoms with Gasteiger partial charge >= 0.3 is 0 Å². The molecule has 90 valence electrons. The molecule has 0 spiro atoms. The Morgan fingerprint density at radius 3 is 2.31 bits per heavy atom. The highest BCUT2D eigenvalue weighted by Crippen LogP contribution is 2.10. The van der Waals surface area contributed by atoms with E-state index in [2.05, 4.69) is 39.7 Å². The average Bonchev–Trinajstić information content (AvgIpc) is 2.56. The van der Waals surface area contributed by atoms with Crippen LogP contribution in [0.1, 0.15) is 30.8 Å². The minimum Gasteiger partial charge on any atom is -0.357 e. The van der Waals surface area contributed by atoms with Crippen LogP contribution in [0.25, 0.3) is 0 Å². The Morgan fingerprint density at radius 1 is 1.25 bits per heavy atom. The predicted molar refractivity (Wildman–Crippen MR) is 66.6 cm³/mol. The zero-order chi connectivity index (χ0) is 12.0. The summed E-state index contributed by atoms with van der Waals surface area (Å²) in [6, 6.07) is 0. The zero-order valence-electron chi connectivity index (χ0n) is 10.5. The van der Waals surface area contributed by atoms with E-state index < -0.39 is 0 Å². The lowest BCUT2D eigenvalue weighted by molar-refractivity contribution is 0.837. The highest BCUT2D eigenvalue weighted by Gasteiger charge is 2.05. The van der Waals surface area contributed by atoms with Gasteiger partial charge in [-0.1, -0.05) is 0 Å². The standard InChI is InChI=1S/C11H21N5/c1-5-12-11(13-6-2)14-7-10-8(3)15-16-9(10)4/h5-7H2,1-4H3,(H,15,16)(H2,12,13,14). The first-order valence-corrected chi connectivity index (χ1v) is 5.71. The zero-order valence-corrected chi connectivity index (χ0v) is 10.5. The number of aromatic amines is 1. The maximum atomic E-state index is 4.50. The van der Waals surface area contributed by atoms with E-state index >= 15 is 0 Å². The van der Waals surface area contributed by atoms with Gasteiger partial charge in [0.15, 0.2) is 5.96 Å². The van der Waals surface area contributed by atoms with Crippen molar-refractivity contribution >= 4 is 5.96 Å². The van der Waals surface area contributed by atoms with Crippen LogP contribution in [-0.4, -0.2) is 29.2 Å². The van der Waals surface area contributed by atoms with E-state index in [0.29, 0.717) is 6.54 Å². The van der Waals surface area contributed by atoms with Crippen molar-refractivity contribution in [3.63, 3.8) is 0 Å². The van der Waals surface area contributed by atoms with Gasteiger partial charge < -0.3 is 10.6 Å². The molecular weight excluding hydrogens is 202 g/mol. The van der Waals surface area contributed by atoms with Crippen molar-refractivity contribution in [1.82, 2.24) is 20.8 Å². The van der Waals surface area contributed by atoms with E-state index in [9.17, 15) is 0 Å². The molecule has 1 aromatic rings. The largest absolute Gasteiger partial charge is 0.357 e. The molecule has 0 aliphatic carbocycles. The van der Waals surface area contributed by atoms with Gasteiger partial charge in [-0.15, -0.1) is 0 Å². The van der Waals surface area contributed by atoms with Gasteiger partial charge in [-0.25, -0.2) is 4.99 Å². The van der Waals surface area contributed by atoms with Crippen LogP contribution in [0.15, 0.2) is 4.99 Å². The SMILES string of the molecule is CCNC(=NCc1c(C)n[nH]c1C)NCC. The van der Waals surface area contributed by atoms with Gasteiger partial charge in [0.2, 0.25) is 0 Å². The Bertz CT molecular complexity index is 326. The third kappa shape index (κ3) is 3.25. The van der Waals surface area contributed by atoms with E-state index in [-0.39, 0.29) is 0 Å². The lowest BCUT2D eigenvalue weighted by Gasteiger charge is -2.08. The summed E-state index contributed by atoms with van der Waals surface area (Å²) in [7, 11) is 0. The molecule has 5 nitrogen and oxygen atoms in total. The van der Waals surface area contributed by atoms with Crippen LogP contribution in [0.4, 0.5) is 0 Å². The molecule has 3 N–H and O–H groups in total. The Kier molecular flexibility index (Phi) is 4.82. The van der Waals surface area contributed by atoms with Gasteiger partial charge in [0, 0.05) is 24.3 Å². The molecule has 0 aliphatic rings. The van der Waals surface area contributed by atoms with Gasteiger partial charge in [0.25, 0.3) is 0 Å². The van der Waals surface area contributed by atoms with Crippen LogP contribution in [0.2, 0.25) is 0 Å². The molecule has 0 bridgehead atoms. The van der Waals surface area contributed by atoms with Crippen molar-refractivity contribution in [2.45, 2.75) is 34.2 Å². The molecule has 1 heterocycles. The second-order valence-corrected chi connectivity index (χ2v) is 3.64. The molecule has 0 aliphatic heterocycles. The molecule has 16 heavy (non-hydrogen) atoms. The van der Waals surface area contributed by atoms with Crippen molar-refractivity contribution in [2.75, 3.05) is 13.1 Å². The van der Waals surface area contributed by atoms with E-state index in [1.807, 2.05) is 13.8 Å². The number of nitrogens with one attached hydrogen (secondary N) is 3. The summed E-state index contributed by atoms with van der Waals surface area (Å²) in [5.74, 6) is 0.852. The van der Waals surface area contributed by atoms with Gasteiger partial charge in [-0.05, 0) is 27.7 Å². The second-order valence-electron chi connectivity index (χ2n) is 3.64. The highest BCUT2D eigenvalue weighted by molar-refractivity contribution is 5.79. The van der Waals surface area contributed by atoms with E-state index in [1.54, 1.807) is 0 Å². The van der Waals surface area contributed by atoms with Crippen LogP contribution in [0.5, 0.6) is 0 Å². The molecule has 0 fully saturated rings. The van der Waals surface area contributed by atoms with Crippen LogP contribution in [-0.2, 0) is 6.54 Å². The van der Waals surface area contributed by atoms with E-state index in [4.69, 9.17) is 0 Å². The summed E-state index contributed by atoms with van der Waals surface area (Å²) >= 11 is 0. The highest BCUT2D eigenvalue weighted by atomic mass is 15.2. The summed E-state index contributed by atoms with van der Waals surface area (Å²) in [6.45, 7) is 10.5. The normalized spacial score (nSPS) is 10.0. The number of rotatable bonds is 4. The minimum absolute atomic E-state index is 0.656. The first kappa shape index (κ1) is 12.5. The number of nitrogens with zero attached hydrogens (tertiary/aromatic N) is 2. The number of aromatic nitrogens is 2. The molecular formula is C11H21N5. The van der Waals surface area contributed by atoms with Gasteiger partial charge in [-0.3, -0.25) is 5.10 Å². The fourth-order valence-electron chi connectivity index (χ4n) is 1.47. The monoisotopic (exact) mass is 223 g/mol. The topological polar surface area (TPSA) is 65.1 Å². The van der Waals surface area contributed by atoms with E-state index in [0.717, 1.165) is 30.4 Å². The summed E-state index contributed by atoms with van der Waals surface area (Å²) in [5, 5.41) is 13.5. The molecule has 5 heteroatoms. The Hall–Kier alpha value is -1.52. The predicted octanol–water partition coefficient (Wildman–Crippen LogP) is 1.10. The third-order valence-electron chi connectivity index (χ3n) is 2.36. The number of aryl methyl sites for hydroxylation is 2. The van der Waals surface area contributed by atoms with Crippen LogP contribution in [0.3, 0.4) is 0 Å². The molecule has 0 atom stereocenters. The quantitative estimate of drug-likeness (QED) is 0.529. The summed E-state index contributed by atoms with van der Waals surface area (Å²) < 4.78 is 0. The first-order chi connectivity index (χ1) is 7.69. The van der Waals surface area contributed by atoms with E-state index in [1.165, 1.54) is 5.56 Å². The van der Waals surface area contributed by atoms with Crippen molar-refractivity contribution in [1.29, 1.82) is 0 Å². The fourth-order valence-corrected chi connectivity index (χ4v) is 1.47. The van der Waals surface area contributed by atoms with Crippen molar-refractivity contribution in [3.05, 3.63) is 17.0 Å². The molecule has 0 radical (unpaired) electrons. The van der Waals surface area contributed by atoms with Gasteiger partial charge in [-0.2, -0.15) is 5.10 Å². The molecule has 1 rings (SSSR count). The smallest absolute Gasteiger partial charge is 0.191 e. The molecule has 0 saturated heterocycles. The Labute approximate surface area is 96.7 Å². The van der Waals surface area contributed by atoms with Crippen LogP contribution < -0.4 is 10.6 Å².